The minimum atomic E-state index is -3.48. The highest BCUT2D eigenvalue weighted by Gasteiger charge is 2.22. The number of hydrogen-bond donors (Lipinski definition) is 0. The molecule has 0 spiro atoms. The van der Waals surface area contributed by atoms with Crippen LogP contribution < -0.4 is 0 Å². The summed E-state index contributed by atoms with van der Waals surface area (Å²) < 4.78 is 25.6. The summed E-state index contributed by atoms with van der Waals surface area (Å²) in [7, 11) is -3.48. The fraction of sp³-hybridized carbons (Fsp3) is 0.0952. The first kappa shape index (κ1) is 19.9. The normalized spacial score (nSPS) is 15.9. The second-order valence-electron chi connectivity index (χ2n) is 6.41. The van der Waals surface area contributed by atoms with Crippen LogP contribution in [0.2, 0.25) is 0 Å². The van der Waals surface area contributed by atoms with Crippen LogP contribution in [0.4, 0.5) is 0 Å². The quantitative estimate of drug-likeness (QED) is 0.552. The van der Waals surface area contributed by atoms with Gasteiger partial charge in [0, 0.05) is 23.4 Å². The van der Waals surface area contributed by atoms with Crippen LogP contribution in [-0.2, 0) is 14.6 Å². The number of benzene rings is 2. The van der Waals surface area contributed by atoms with E-state index in [9.17, 15) is 13.2 Å². The summed E-state index contributed by atoms with van der Waals surface area (Å²) in [4.78, 5) is 21.2. The van der Waals surface area contributed by atoms with Gasteiger partial charge >= 0.3 is 0 Å². The van der Waals surface area contributed by atoms with Crippen molar-refractivity contribution in [2.24, 2.45) is 4.99 Å². The zero-order valence-electron chi connectivity index (χ0n) is 15.6. The van der Waals surface area contributed by atoms with Gasteiger partial charge < -0.3 is 0 Å². The molecule has 0 fully saturated rings. The average Bonchev–Trinajstić information content (AvgIpc) is 3.06. The highest BCUT2D eigenvalue weighted by Crippen LogP contribution is 2.36. The van der Waals surface area contributed by atoms with E-state index in [-0.39, 0.29) is 10.8 Å². The van der Waals surface area contributed by atoms with Crippen LogP contribution in [-0.4, -0.2) is 36.2 Å². The number of amides is 1. The number of fused-ring (bicyclic) bond motifs is 1. The van der Waals surface area contributed by atoms with Gasteiger partial charge in [0.25, 0.3) is 5.91 Å². The summed E-state index contributed by atoms with van der Waals surface area (Å²) in [6.07, 6.45) is 6.25. The molecule has 2 aromatic carbocycles. The van der Waals surface area contributed by atoms with Crippen LogP contribution >= 0.6 is 23.5 Å². The van der Waals surface area contributed by atoms with E-state index in [1.165, 1.54) is 36.0 Å². The van der Waals surface area contributed by atoms with Gasteiger partial charge in [-0.2, -0.15) is 4.99 Å². The van der Waals surface area contributed by atoms with E-state index in [4.69, 9.17) is 0 Å². The first-order chi connectivity index (χ1) is 13.9. The topological polar surface area (TPSA) is 76.5 Å². The molecule has 1 aliphatic heterocycles. The van der Waals surface area contributed by atoms with Crippen molar-refractivity contribution in [3.63, 3.8) is 0 Å². The smallest absolute Gasteiger partial charge is 0.266 e. The molecule has 0 bridgehead atoms. The minimum absolute atomic E-state index is 0.181. The summed E-state index contributed by atoms with van der Waals surface area (Å²) in [5, 5.41) is 0.718. The Labute approximate surface area is 177 Å². The Bertz CT molecular complexity index is 1300. The molecule has 2 heterocycles. The summed E-state index contributed by atoms with van der Waals surface area (Å²) in [5.41, 5.74) is 2.88. The number of nitrogens with zero attached hydrogens (tertiary/aromatic N) is 2. The van der Waals surface area contributed by atoms with E-state index < -0.39 is 9.84 Å². The highest BCUT2D eigenvalue weighted by atomic mass is 32.2. The number of thioether (sulfide) groups is 2. The van der Waals surface area contributed by atoms with Crippen molar-refractivity contribution in [1.82, 2.24) is 4.98 Å². The summed E-state index contributed by atoms with van der Waals surface area (Å²) in [6.45, 7) is 0. The van der Waals surface area contributed by atoms with Gasteiger partial charge in [-0.15, -0.1) is 11.8 Å². The van der Waals surface area contributed by atoms with Crippen LogP contribution in [0.15, 0.2) is 69.5 Å². The van der Waals surface area contributed by atoms with Crippen molar-refractivity contribution in [3.8, 4) is 11.1 Å². The average molecular weight is 441 g/mol. The number of pyridine rings is 1. The maximum atomic E-state index is 12.4. The molecule has 1 amide bonds. The molecule has 0 atom stereocenters. The molecule has 4 rings (SSSR count). The zero-order chi connectivity index (χ0) is 20.6. The van der Waals surface area contributed by atoms with Crippen molar-refractivity contribution < 1.29 is 13.2 Å². The maximum Gasteiger partial charge on any atom is 0.285 e. The lowest BCUT2D eigenvalue weighted by molar-refractivity contribution is -0.113. The Balaban J connectivity index is 1.94. The lowest BCUT2D eigenvalue weighted by atomic mass is 9.99. The second-order valence-corrected chi connectivity index (χ2v) is 10.5. The largest absolute Gasteiger partial charge is 0.285 e. The molecule has 0 saturated heterocycles. The van der Waals surface area contributed by atoms with Crippen molar-refractivity contribution in [3.05, 3.63) is 65.2 Å². The van der Waals surface area contributed by atoms with Gasteiger partial charge in [-0.1, -0.05) is 48.2 Å². The Kier molecular flexibility index (Phi) is 5.33. The third-order valence-electron chi connectivity index (χ3n) is 4.39. The van der Waals surface area contributed by atoms with Gasteiger partial charge in [-0.05, 0) is 35.6 Å². The minimum Gasteiger partial charge on any atom is -0.266 e. The molecule has 3 aromatic rings. The van der Waals surface area contributed by atoms with Crippen LogP contribution in [0.5, 0.6) is 0 Å². The van der Waals surface area contributed by atoms with Crippen LogP contribution in [0.1, 0.15) is 5.56 Å². The Morgan fingerprint density at radius 1 is 1.10 bits per heavy atom. The molecular weight excluding hydrogens is 424 g/mol. The lowest BCUT2D eigenvalue weighted by Crippen LogP contribution is -2.02. The number of aromatic nitrogens is 1. The third-order valence-corrected chi connectivity index (χ3v) is 7.47. The van der Waals surface area contributed by atoms with E-state index in [0.29, 0.717) is 20.4 Å². The molecular formula is C21H16N2O3S3. The number of rotatable bonds is 3. The molecule has 0 aliphatic carbocycles. The van der Waals surface area contributed by atoms with Crippen molar-refractivity contribution >= 4 is 60.6 Å². The molecule has 1 aromatic heterocycles. The first-order valence-corrected chi connectivity index (χ1v) is 12.5. The van der Waals surface area contributed by atoms with Crippen LogP contribution in [0.3, 0.4) is 0 Å². The van der Waals surface area contributed by atoms with E-state index in [1.807, 2.05) is 54.8 Å². The zero-order valence-corrected chi connectivity index (χ0v) is 18.1. The van der Waals surface area contributed by atoms with Crippen molar-refractivity contribution in [2.45, 2.75) is 4.90 Å². The summed E-state index contributed by atoms with van der Waals surface area (Å²) >= 11 is 2.77. The molecule has 146 valence electrons. The Hall–Kier alpha value is -2.42. The number of sulfone groups is 1. The first-order valence-electron chi connectivity index (χ1n) is 8.61. The van der Waals surface area contributed by atoms with E-state index >= 15 is 0 Å². The Morgan fingerprint density at radius 2 is 1.86 bits per heavy atom. The molecule has 0 radical (unpaired) electrons. The Morgan fingerprint density at radius 3 is 2.52 bits per heavy atom. The molecule has 1 aliphatic rings. The molecule has 0 N–H and O–H groups in total. The van der Waals surface area contributed by atoms with Gasteiger partial charge in [0.15, 0.2) is 9.84 Å². The summed E-state index contributed by atoms with van der Waals surface area (Å²) in [5.74, 6) is -0.259. The van der Waals surface area contributed by atoms with Gasteiger partial charge in [0.05, 0.1) is 15.3 Å². The lowest BCUT2D eigenvalue weighted by Gasteiger charge is -2.12. The standard InChI is InChI=1S/C21H16N2O3S3/c1-27-21-23-20(24)17(28-21)11-13-8-9-16-15(10-13)19(14-6-4-3-5-7-14)18(12-22-16)29(2,25)26/h3-12H,1-2H3/b17-11+. The molecule has 5 nitrogen and oxygen atoms in total. The molecule has 8 heteroatoms. The predicted molar refractivity (Wildman–Crippen MR) is 122 cm³/mol. The molecule has 0 unspecified atom stereocenters. The van der Waals surface area contributed by atoms with E-state index in [1.54, 1.807) is 6.08 Å². The monoisotopic (exact) mass is 440 g/mol. The molecule has 0 saturated carbocycles. The van der Waals surface area contributed by atoms with Crippen molar-refractivity contribution in [1.29, 1.82) is 0 Å². The maximum absolute atomic E-state index is 12.4. The van der Waals surface area contributed by atoms with Gasteiger partial charge in [0.1, 0.15) is 4.38 Å². The van der Waals surface area contributed by atoms with Crippen molar-refractivity contribution in [2.75, 3.05) is 12.5 Å². The third kappa shape index (κ3) is 4.01. The molecule has 29 heavy (non-hydrogen) atoms. The van der Waals surface area contributed by atoms with Gasteiger partial charge in [-0.25, -0.2) is 8.42 Å². The van der Waals surface area contributed by atoms with Crippen LogP contribution in [0, 0.1) is 0 Å². The summed E-state index contributed by atoms with van der Waals surface area (Å²) in [6, 6.07) is 14.9. The second kappa shape index (κ2) is 7.78. The van der Waals surface area contributed by atoms with E-state index in [2.05, 4.69) is 9.98 Å². The van der Waals surface area contributed by atoms with Crippen LogP contribution in [0.25, 0.3) is 28.1 Å². The highest BCUT2D eigenvalue weighted by molar-refractivity contribution is 8.40. The SMILES string of the molecule is CSC1=NC(=O)/C(=C\c2ccc3ncc(S(C)(=O)=O)c(-c4ccccc4)c3c2)S1. The van der Waals surface area contributed by atoms with Gasteiger partial charge in [0.2, 0.25) is 0 Å². The number of aliphatic imine (C=N–C) groups is 1. The fourth-order valence-electron chi connectivity index (χ4n) is 3.09. The predicted octanol–water partition coefficient (Wildman–Crippen LogP) is 4.64. The number of hydrogen-bond acceptors (Lipinski definition) is 6. The van der Waals surface area contributed by atoms with E-state index in [0.717, 1.165) is 16.5 Å². The number of carbonyl (C=O) groups is 1. The fourth-order valence-corrected chi connectivity index (χ4v) is 5.36. The number of carbonyl (C=O) groups excluding carboxylic acids is 1. The van der Waals surface area contributed by atoms with Gasteiger partial charge in [-0.3, -0.25) is 9.78 Å².